The summed E-state index contributed by atoms with van der Waals surface area (Å²) in [6.07, 6.45) is 4.07. The van der Waals surface area contributed by atoms with Gasteiger partial charge in [0.15, 0.2) is 0 Å². The van der Waals surface area contributed by atoms with Crippen LogP contribution >= 0.6 is 0 Å². The molecule has 0 radical (unpaired) electrons. The van der Waals surface area contributed by atoms with Crippen LogP contribution in [-0.4, -0.2) is 34.8 Å². The lowest BCUT2D eigenvalue weighted by Crippen LogP contribution is -2.10. The summed E-state index contributed by atoms with van der Waals surface area (Å²) in [7, 11) is -0.229. The van der Waals surface area contributed by atoms with E-state index in [1.165, 1.54) is 6.08 Å². The molecule has 2 aromatic carbocycles. The van der Waals surface area contributed by atoms with E-state index in [2.05, 4.69) is 10.0 Å². The summed E-state index contributed by atoms with van der Waals surface area (Å²) in [5.74, 6) is 0.935. The zero-order chi connectivity index (χ0) is 19.2. The number of methoxy groups -OCH3 is 2. The molecule has 0 atom stereocenters. The Kier molecular flexibility index (Phi) is 6.24. The van der Waals surface area contributed by atoms with E-state index in [1.54, 1.807) is 62.8 Å². The summed E-state index contributed by atoms with van der Waals surface area (Å²) in [4.78, 5) is 12.1. The third-order valence-corrected chi connectivity index (χ3v) is 3.91. The fourth-order valence-corrected chi connectivity index (χ4v) is 2.72. The minimum absolute atomic E-state index is 0.335. The van der Waals surface area contributed by atoms with Crippen molar-refractivity contribution in [3.8, 4) is 11.5 Å². The first-order valence-electron chi connectivity index (χ1n) is 7.59. The van der Waals surface area contributed by atoms with Gasteiger partial charge in [-0.3, -0.25) is 9.52 Å². The van der Waals surface area contributed by atoms with E-state index < -0.39 is 10.0 Å². The number of benzene rings is 2. The molecule has 0 aromatic heterocycles. The summed E-state index contributed by atoms with van der Waals surface area (Å²) in [5.41, 5.74) is 1.66. The highest BCUT2D eigenvalue weighted by Crippen LogP contribution is 2.25. The van der Waals surface area contributed by atoms with Crippen molar-refractivity contribution in [2.45, 2.75) is 0 Å². The molecule has 0 saturated carbocycles. The van der Waals surface area contributed by atoms with Crippen LogP contribution in [0.3, 0.4) is 0 Å². The average Bonchev–Trinajstić information content (AvgIpc) is 2.60. The molecular weight excluding hydrogens is 356 g/mol. The fraction of sp³-hybridized carbons (Fsp3) is 0.167. The summed E-state index contributed by atoms with van der Waals surface area (Å²) in [6, 6.07) is 11.6. The number of sulfonamides is 1. The maximum absolute atomic E-state index is 12.1. The lowest BCUT2D eigenvalue weighted by atomic mass is 10.1. The van der Waals surface area contributed by atoms with Crippen LogP contribution in [0.4, 0.5) is 11.4 Å². The number of rotatable bonds is 7. The van der Waals surface area contributed by atoms with Crippen molar-refractivity contribution >= 4 is 33.4 Å². The van der Waals surface area contributed by atoms with Crippen molar-refractivity contribution in [2.24, 2.45) is 0 Å². The summed E-state index contributed by atoms with van der Waals surface area (Å²) in [5, 5.41) is 2.69. The Bertz CT molecular complexity index is 906. The highest BCUT2D eigenvalue weighted by Gasteiger charge is 2.05. The van der Waals surface area contributed by atoms with Gasteiger partial charge in [-0.15, -0.1) is 0 Å². The second-order valence-electron chi connectivity index (χ2n) is 5.38. The molecule has 0 bridgehead atoms. The Hall–Kier alpha value is -3.00. The fourth-order valence-electron chi connectivity index (χ4n) is 2.15. The first kappa shape index (κ1) is 19.3. The van der Waals surface area contributed by atoms with E-state index in [9.17, 15) is 13.2 Å². The average molecular weight is 376 g/mol. The van der Waals surface area contributed by atoms with Gasteiger partial charge in [-0.05, 0) is 48.5 Å². The molecule has 0 aliphatic carbocycles. The van der Waals surface area contributed by atoms with Gasteiger partial charge in [0.25, 0.3) is 0 Å². The Morgan fingerprint density at radius 3 is 2.23 bits per heavy atom. The monoisotopic (exact) mass is 376 g/mol. The molecule has 2 N–H and O–H groups in total. The largest absolute Gasteiger partial charge is 0.497 e. The molecule has 0 aliphatic heterocycles. The lowest BCUT2D eigenvalue weighted by molar-refractivity contribution is -0.111. The van der Waals surface area contributed by atoms with Crippen LogP contribution in [0.5, 0.6) is 11.5 Å². The number of nitrogens with one attached hydrogen (secondary N) is 2. The number of ether oxygens (including phenoxy) is 2. The molecule has 0 saturated heterocycles. The third-order valence-electron chi connectivity index (χ3n) is 3.31. The highest BCUT2D eigenvalue weighted by atomic mass is 32.2. The highest BCUT2D eigenvalue weighted by molar-refractivity contribution is 7.92. The van der Waals surface area contributed by atoms with E-state index in [0.29, 0.717) is 28.4 Å². The van der Waals surface area contributed by atoms with E-state index in [-0.39, 0.29) is 5.91 Å². The topological polar surface area (TPSA) is 93.7 Å². The number of hydrogen-bond donors (Lipinski definition) is 2. The van der Waals surface area contributed by atoms with Crippen LogP contribution in [0.1, 0.15) is 5.56 Å². The number of hydrogen-bond acceptors (Lipinski definition) is 5. The van der Waals surface area contributed by atoms with Crippen LogP contribution in [0.25, 0.3) is 6.08 Å². The van der Waals surface area contributed by atoms with Gasteiger partial charge in [0.2, 0.25) is 15.9 Å². The number of carbonyl (C=O) groups is 1. The number of amides is 1. The summed E-state index contributed by atoms with van der Waals surface area (Å²) >= 11 is 0. The molecule has 138 valence electrons. The standard InChI is InChI=1S/C18H20N2O5S/c1-24-16-9-10-17(25-2)13(12-16)4-11-18(21)19-14-5-7-15(8-6-14)20-26(3,22)23/h4-12,20H,1-3H3,(H,19,21)/b11-4+. The van der Waals surface area contributed by atoms with Crippen molar-refractivity contribution in [1.29, 1.82) is 0 Å². The molecule has 0 spiro atoms. The van der Waals surface area contributed by atoms with Crippen LogP contribution < -0.4 is 19.5 Å². The second kappa shape index (κ2) is 8.39. The minimum atomic E-state index is -3.34. The normalized spacial score (nSPS) is 11.2. The van der Waals surface area contributed by atoms with Crippen molar-refractivity contribution in [2.75, 3.05) is 30.5 Å². The smallest absolute Gasteiger partial charge is 0.248 e. The van der Waals surface area contributed by atoms with Crippen molar-refractivity contribution in [3.63, 3.8) is 0 Å². The van der Waals surface area contributed by atoms with Crippen LogP contribution in [-0.2, 0) is 14.8 Å². The molecule has 0 aliphatic rings. The Balaban J connectivity index is 2.05. The SMILES string of the molecule is COc1ccc(OC)c(/C=C/C(=O)Nc2ccc(NS(C)(=O)=O)cc2)c1. The van der Waals surface area contributed by atoms with Gasteiger partial charge < -0.3 is 14.8 Å². The van der Waals surface area contributed by atoms with Crippen molar-refractivity contribution < 1.29 is 22.7 Å². The van der Waals surface area contributed by atoms with Gasteiger partial charge in [0.05, 0.1) is 20.5 Å². The van der Waals surface area contributed by atoms with E-state index in [0.717, 1.165) is 6.26 Å². The molecule has 1 amide bonds. The minimum Gasteiger partial charge on any atom is -0.497 e. The molecule has 0 fully saturated rings. The van der Waals surface area contributed by atoms with E-state index in [1.807, 2.05) is 0 Å². The second-order valence-corrected chi connectivity index (χ2v) is 7.13. The third kappa shape index (κ3) is 5.82. The van der Waals surface area contributed by atoms with Crippen molar-refractivity contribution in [3.05, 3.63) is 54.1 Å². The van der Waals surface area contributed by atoms with Crippen LogP contribution in [0.2, 0.25) is 0 Å². The maximum Gasteiger partial charge on any atom is 0.248 e. The van der Waals surface area contributed by atoms with Gasteiger partial charge in [0, 0.05) is 23.0 Å². The lowest BCUT2D eigenvalue weighted by Gasteiger charge is -2.07. The number of carbonyl (C=O) groups excluding carboxylic acids is 1. The van der Waals surface area contributed by atoms with Crippen LogP contribution in [0, 0.1) is 0 Å². The van der Waals surface area contributed by atoms with Gasteiger partial charge in [-0.1, -0.05) is 0 Å². The molecule has 8 heteroatoms. The molecular formula is C18H20N2O5S. The zero-order valence-electron chi connectivity index (χ0n) is 14.6. The Morgan fingerprint density at radius 1 is 1.00 bits per heavy atom. The van der Waals surface area contributed by atoms with Crippen molar-refractivity contribution in [1.82, 2.24) is 0 Å². The van der Waals surface area contributed by atoms with Gasteiger partial charge in [0.1, 0.15) is 11.5 Å². The molecule has 7 nitrogen and oxygen atoms in total. The molecule has 0 unspecified atom stereocenters. The molecule has 0 heterocycles. The molecule has 26 heavy (non-hydrogen) atoms. The molecule has 2 rings (SSSR count). The summed E-state index contributed by atoms with van der Waals surface area (Å²) in [6.45, 7) is 0. The number of anilines is 2. The Morgan fingerprint density at radius 2 is 1.65 bits per heavy atom. The first-order chi connectivity index (χ1) is 12.3. The van der Waals surface area contributed by atoms with Gasteiger partial charge >= 0.3 is 0 Å². The predicted octanol–water partition coefficient (Wildman–Crippen LogP) is 2.73. The van der Waals surface area contributed by atoms with E-state index in [4.69, 9.17) is 9.47 Å². The first-order valence-corrected chi connectivity index (χ1v) is 9.49. The zero-order valence-corrected chi connectivity index (χ0v) is 15.5. The maximum atomic E-state index is 12.1. The van der Waals surface area contributed by atoms with Crippen LogP contribution in [0.15, 0.2) is 48.5 Å². The predicted molar refractivity (Wildman–Crippen MR) is 102 cm³/mol. The van der Waals surface area contributed by atoms with E-state index >= 15 is 0 Å². The summed E-state index contributed by atoms with van der Waals surface area (Å²) < 4.78 is 35.1. The Labute approximate surface area is 152 Å². The van der Waals surface area contributed by atoms with Gasteiger partial charge in [-0.25, -0.2) is 8.42 Å². The quantitative estimate of drug-likeness (QED) is 0.725. The molecule has 2 aromatic rings. The van der Waals surface area contributed by atoms with Gasteiger partial charge in [-0.2, -0.15) is 0 Å².